The zero-order valence-electron chi connectivity index (χ0n) is 18.0. The average Bonchev–Trinajstić information content (AvgIpc) is 3.58. The van der Waals surface area contributed by atoms with Crippen LogP contribution in [-0.2, 0) is 6.54 Å². The maximum absolute atomic E-state index is 4.73. The van der Waals surface area contributed by atoms with Crippen molar-refractivity contribution in [3.8, 4) is 11.4 Å². The lowest BCUT2D eigenvalue weighted by Crippen LogP contribution is -2.43. The Balaban J connectivity index is 1.34. The van der Waals surface area contributed by atoms with E-state index in [2.05, 4.69) is 90.2 Å². The highest BCUT2D eigenvalue weighted by atomic mass is 15.4. The zero-order chi connectivity index (χ0) is 21.8. The van der Waals surface area contributed by atoms with Crippen LogP contribution in [0, 0.1) is 0 Å². The van der Waals surface area contributed by atoms with Gasteiger partial charge in [-0.25, -0.2) is 4.98 Å². The first kappa shape index (κ1) is 18.7. The van der Waals surface area contributed by atoms with E-state index in [1.54, 1.807) is 12.5 Å². The van der Waals surface area contributed by atoms with Gasteiger partial charge in [-0.05, 0) is 24.0 Å². The van der Waals surface area contributed by atoms with Crippen LogP contribution >= 0.6 is 0 Å². The summed E-state index contributed by atoms with van der Waals surface area (Å²) >= 11 is 0. The smallest absolute Gasteiger partial charge is 0.167 e. The molecule has 1 N–H and O–H groups in total. The molecule has 7 heteroatoms. The molecule has 2 bridgehead atoms. The summed E-state index contributed by atoms with van der Waals surface area (Å²) < 4.78 is 2.31. The third kappa shape index (κ3) is 2.85. The minimum atomic E-state index is 0.191. The normalized spacial score (nSPS) is 19.9. The van der Waals surface area contributed by atoms with E-state index in [4.69, 9.17) is 5.10 Å². The molecule has 2 aliphatic rings. The van der Waals surface area contributed by atoms with Gasteiger partial charge in [-0.2, -0.15) is 0 Å². The minimum absolute atomic E-state index is 0.191. The van der Waals surface area contributed by atoms with Crippen LogP contribution in [0.4, 0.5) is 0 Å². The van der Waals surface area contributed by atoms with Gasteiger partial charge in [0.05, 0.1) is 35.7 Å². The highest BCUT2D eigenvalue weighted by Gasteiger charge is 2.46. The van der Waals surface area contributed by atoms with E-state index in [1.165, 1.54) is 11.1 Å². The van der Waals surface area contributed by atoms with Gasteiger partial charge in [-0.3, -0.25) is 9.88 Å². The number of hydrogen-bond donors (Lipinski definition) is 1. The fourth-order valence-electron chi connectivity index (χ4n) is 5.74. The predicted molar refractivity (Wildman–Crippen MR) is 125 cm³/mol. The predicted octanol–water partition coefficient (Wildman–Crippen LogP) is 4.53. The maximum Gasteiger partial charge on any atom is 0.167 e. The van der Waals surface area contributed by atoms with Crippen molar-refractivity contribution in [3.63, 3.8) is 0 Å². The number of nitrogens with one attached hydrogen (secondary N) is 1. The summed E-state index contributed by atoms with van der Waals surface area (Å²) in [6.07, 6.45) is 7.59. The second-order valence-electron chi connectivity index (χ2n) is 8.89. The van der Waals surface area contributed by atoms with E-state index in [9.17, 15) is 0 Å². The van der Waals surface area contributed by atoms with Gasteiger partial charge in [0, 0.05) is 18.8 Å². The van der Waals surface area contributed by atoms with E-state index in [1.807, 2.05) is 6.20 Å². The summed E-state index contributed by atoms with van der Waals surface area (Å²) in [5, 5.41) is 9.39. The molecule has 0 saturated carbocycles. The highest BCUT2D eigenvalue weighted by Crippen LogP contribution is 2.48. The first-order chi connectivity index (χ1) is 16.4. The number of aromatic nitrogens is 6. The molecule has 0 amide bonds. The third-order valence-corrected chi connectivity index (χ3v) is 7.13. The zero-order valence-corrected chi connectivity index (χ0v) is 18.0. The van der Waals surface area contributed by atoms with Crippen LogP contribution in [0.2, 0.25) is 0 Å². The highest BCUT2D eigenvalue weighted by molar-refractivity contribution is 5.88. The summed E-state index contributed by atoms with van der Waals surface area (Å²) in [5.74, 6) is 1.92. The van der Waals surface area contributed by atoms with E-state index in [-0.39, 0.29) is 12.1 Å². The number of nitrogens with zero attached hydrogens (tertiary/aromatic N) is 6. The van der Waals surface area contributed by atoms with Crippen LogP contribution < -0.4 is 0 Å². The molecule has 162 valence electrons. The van der Waals surface area contributed by atoms with Gasteiger partial charge in [-0.15, -0.1) is 10.2 Å². The summed E-state index contributed by atoms with van der Waals surface area (Å²) in [6, 6.07) is 22.5. The SMILES string of the molecule is c1ccc(C(c2ccccc2)N2C3CCC2c2nnc(-c4cncc5nc[nH]c45)n2C3)cc1. The van der Waals surface area contributed by atoms with Gasteiger partial charge in [-0.1, -0.05) is 60.7 Å². The Morgan fingerprint density at radius 2 is 1.64 bits per heavy atom. The first-order valence-electron chi connectivity index (χ1n) is 11.5. The lowest BCUT2D eigenvalue weighted by molar-refractivity contribution is 0.107. The Morgan fingerprint density at radius 1 is 0.879 bits per heavy atom. The van der Waals surface area contributed by atoms with Crippen molar-refractivity contribution < 1.29 is 0 Å². The summed E-state index contributed by atoms with van der Waals surface area (Å²) in [7, 11) is 0. The van der Waals surface area contributed by atoms with Crippen LogP contribution in [0.15, 0.2) is 79.4 Å². The van der Waals surface area contributed by atoms with Crippen molar-refractivity contribution in [3.05, 3.63) is 96.3 Å². The van der Waals surface area contributed by atoms with Gasteiger partial charge < -0.3 is 9.55 Å². The Kier molecular flexibility index (Phi) is 4.17. The quantitative estimate of drug-likeness (QED) is 0.451. The molecule has 5 heterocycles. The Hall–Kier alpha value is -3.84. The van der Waals surface area contributed by atoms with Crippen LogP contribution in [-0.4, -0.2) is 40.7 Å². The van der Waals surface area contributed by atoms with Crippen LogP contribution in [0.1, 0.15) is 41.9 Å². The molecule has 0 radical (unpaired) electrons. The van der Waals surface area contributed by atoms with Gasteiger partial charge >= 0.3 is 0 Å². The van der Waals surface area contributed by atoms with Gasteiger partial charge in [0.15, 0.2) is 11.6 Å². The van der Waals surface area contributed by atoms with Crippen molar-refractivity contribution in [1.82, 2.24) is 34.6 Å². The number of H-pyrrole nitrogens is 1. The Labute approximate surface area is 191 Å². The van der Waals surface area contributed by atoms with E-state index in [0.29, 0.717) is 6.04 Å². The number of fused-ring (bicyclic) bond motifs is 5. The van der Waals surface area contributed by atoms with Crippen LogP contribution in [0.3, 0.4) is 0 Å². The molecule has 2 aromatic carbocycles. The monoisotopic (exact) mass is 433 g/mol. The number of aromatic amines is 1. The van der Waals surface area contributed by atoms with Crippen molar-refractivity contribution in [2.75, 3.05) is 0 Å². The number of rotatable bonds is 4. The molecule has 2 atom stereocenters. The molecule has 0 spiro atoms. The van der Waals surface area contributed by atoms with Crippen molar-refractivity contribution in [2.45, 2.75) is 37.5 Å². The molecular weight excluding hydrogens is 410 g/mol. The van der Waals surface area contributed by atoms with Crippen molar-refractivity contribution >= 4 is 11.0 Å². The first-order valence-corrected chi connectivity index (χ1v) is 11.5. The molecule has 33 heavy (non-hydrogen) atoms. The standard InChI is InChI=1S/C26H23N7/c1-3-7-17(8-4-1)24(18-9-5-2-6-10-18)33-19-11-12-22(33)26-31-30-25(32(26)15-19)20-13-27-14-21-23(20)29-16-28-21/h1-10,13-14,16,19,22,24H,11-12,15H2,(H,28,29). The molecule has 1 saturated heterocycles. The molecule has 2 aliphatic heterocycles. The molecular formula is C26H23N7. The Morgan fingerprint density at radius 3 is 2.39 bits per heavy atom. The van der Waals surface area contributed by atoms with E-state index < -0.39 is 0 Å². The largest absolute Gasteiger partial charge is 0.344 e. The molecule has 3 aromatic heterocycles. The number of hydrogen-bond acceptors (Lipinski definition) is 5. The molecule has 1 fully saturated rings. The maximum atomic E-state index is 4.73. The lowest BCUT2D eigenvalue weighted by atomic mass is 9.94. The van der Waals surface area contributed by atoms with Gasteiger partial charge in [0.2, 0.25) is 0 Å². The minimum Gasteiger partial charge on any atom is -0.344 e. The second-order valence-corrected chi connectivity index (χ2v) is 8.89. The summed E-state index contributed by atoms with van der Waals surface area (Å²) in [6.45, 7) is 0.870. The van der Waals surface area contributed by atoms with Gasteiger partial charge in [0.1, 0.15) is 5.52 Å². The number of benzene rings is 2. The number of imidazole rings is 1. The second kappa shape index (κ2) is 7.35. The molecule has 7 nitrogen and oxygen atoms in total. The van der Waals surface area contributed by atoms with Crippen LogP contribution in [0.25, 0.3) is 22.4 Å². The fraction of sp³-hybridized carbons (Fsp3) is 0.231. The summed E-state index contributed by atoms with van der Waals surface area (Å²) in [5.41, 5.74) is 5.40. The summed E-state index contributed by atoms with van der Waals surface area (Å²) in [4.78, 5) is 14.7. The van der Waals surface area contributed by atoms with E-state index >= 15 is 0 Å². The van der Waals surface area contributed by atoms with Crippen LogP contribution in [0.5, 0.6) is 0 Å². The molecule has 2 unspecified atom stereocenters. The van der Waals surface area contributed by atoms with Gasteiger partial charge in [0.25, 0.3) is 0 Å². The van der Waals surface area contributed by atoms with E-state index in [0.717, 1.165) is 47.6 Å². The average molecular weight is 434 g/mol. The Bertz CT molecular complexity index is 1380. The third-order valence-electron chi connectivity index (χ3n) is 7.13. The topological polar surface area (TPSA) is 75.5 Å². The number of pyridine rings is 1. The van der Waals surface area contributed by atoms with Crippen molar-refractivity contribution in [1.29, 1.82) is 0 Å². The lowest BCUT2D eigenvalue weighted by Gasteiger charge is -2.41. The molecule has 0 aliphatic carbocycles. The fourth-order valence-corrected chi connectivity index (χ4v) is 5.74. The molecule has 7 rings (SSSR count). The molecule has 5 aromatic rings. The van der Waals surface area contributed by atoms with Crippen molar-refractivity contribution in [2.24, 2.45) is 0 Å².